The van der Waals surface area contributed by atoms with E-state index in [1.807, 2.05) is 20.8 Å². The van der Waals surface area contributed by atoms with E-state index in [2.05, 4.69) is 10.3 Å². The van der Waals surface area contributed by atoms with Gasteiger partial charge in [0.25, 0.3) is 5.91 Å². The summed E-state index contributed by atoms with van der Waals surface area (Å²) < 4.78 is 0. The minimum absolute atomic E-state index is 0.144. The van der Waals surface area contributed by atoms with Crippen LogP contribution in [-0.4, -0.2) is 35.4 Å². The van der Waals surface area contributed by atoms with Gasteiger partial charge in [-0.3, -0.25) is 4.79 Å². The Kier molecular flexibility index (Phi) is 5.41. The van der Waals surface area contributed by atoms with Crippen LogP contribution in [0.1, 0.15) is 37.7 Å². The molecule has 1 N–H and O–H groups in total. The topological polar surface area (TPSA) is 45.2 Å². The van der Waals surface area contributed by atoms with Gasteiger partial charge < -0.3 is 10.2 Å². The van der Waals surface area contributed by atoms with Gasteiger partial charge in [-0.1, -0.05) is 18.5 Å². The first-order valence-electron chi connectivity index (χ1n) is 6.18. The number of nitrogens with one attached hydrogen (secondary N) is 1. The maximum atomic E-state index is 12.3. The van der Waals surface area contributed by atoms with Crippen molar-refractivity contribution in [1.29, 1.82) is 0 Å². The molecule has 1 atom stereocenters. The number of amides is 1. The van der Waals surface area contributed by atoms with Gasteiger partial charge in [0.2, 0.25) is 0 Å². The number of carbonyl (C=O) groups is 1. The molecule has 0 spiro atoms. The molecule has 0 aliphatic heterocycles. The zero-order chi connectivity index (χ0) is 13.7. The molecule has 0 bridgehead atoms. The molecule has 0 fully saturated rings. The third kappa shape index (κ3) is 3.35. The summed E-state index contributed by atoms with van der Waals surface area (Å²) in [4.78, 5) is 18.2. The lowest BCUT2D eigenvalue weighted by Crippen LogP contribution is -2.35. The van der Waals surface area contributed by atoms with Gasteiger partial charge in [0.1, 0.15) is 11.5 Å². The molecule has 4 nitrogen and oxygen atoms in total. The Balaban J connectivity index is 3.00. The summed E-state index contributed by atoms with van der Waals surface area (Å²) in [5, 5.41) is 3.46. The third-order valence-electron chi connectivity index (χ3n) is 2.98. The van der Waals surface area contributed by atoms with E-state index < -0.39 is 0 Å². The second-order valence-electron chi connectivity index (χ2n) is 4.23. The average Bonchev–Trinajstić information content (AvgIpc) is 2.38. The molecule has 1 rings (SSSR count). The molecule has 18 heavy (non-hydrogen) atoms. The summed E-state index contributed by atoms with van der Waals surface area (Å²) in [6.45, 7) is 6.77. The largest absolute Gasteiger partial charge is 0.370 e. The SMILES string of the molecule is CCNc1ccc(Cl)c(C(=O)N(C)C(C)CC)n1. The van der Waals surface area contributed by atoms with E-state index in [1.165, 1.54) is 0 Å². The minimum Gasteiger partial charge on any atom is -0.370 e. The number of hydrogen-bond donors (Lipinski definition) is 1. The number of carbonyl (C=O) groups excluding carboxylic acids is 1. The van der Waals surface area contributed by atoms with E-state index in [4.69, 9.17) is 11.6 Å². The fourth-order valence-electron chi connectivity index (χ4n) is 1.51. The van der Waals surface area contributed by atoms with Crippen molar-refractivity contribution in [2.24, 2.45) is 0 Å². The number of halogens is 1. The highest BCUT2D eigenvalue weighted by Gasteiger charge is 2.20. The Bertz CT molecular complexity index is 423. The number of aromatic nitrogens is 1. The van der Waals surface area contributed by atoms with Crippen molar-refractivity contribution in [2.75, 3.05) is 18.9 Å². The normalized spacial score (nSPS) is 12.1. The number of pyridine rings is 1. The molecule has 5 heteroatoms. The first kappa shape index (κ1) is 14.8. The molecule has 1 aromatic rings. The molecule has 0 aromatic carbocycles. The predicted octanol–water partition coefficient (Wildman–Crippen LogP) is 3.04. The minimum atomic E-state index is -0.144. The molecular formula is C13H20ClN3O. The maximum Gasteiger partial charge on any atom is 0.274 e. The summed E-state index contributed by atoms with van der Waals surface area (Å²) in [5.74, 6) is 0.525. The summed E-state index contributed by atoms with van der Waals surface area (Å²) in [6.07, 6.45) is 0.896. The molecule has 0 saturated carbocycles. The first-order chi connectivity index (χ1) is 8.51. The number of hydrogen-bond acceptors (Lipinski definition) is 3. The summed E-state index contributed by atoms with van der Waals surface area (Å²) >= 11 is 6.05. The van der Waals surface area contributed by atoms with E-state index in [1.54, 1.807) is 24.1 Å². The summed E-state index contributed by atoms with van der Waals surface area (Å²) in [5.41, 5.74) is 0.304. The van der Waals surface area contributed by atoms with E-state index >= 15 is 0 Å². The highest BCUT2D eigenvalue weighted by Crippen LogP contribution is 2.19. The fourth-order valence-corrected chi connectivity index (χ4v) is 1.70. The van der Waals surface area contributed by atoms with Gasteiger partial charge in [-0.05, 0) is 32.4 Å². The van der Waals surface area contributed by atoms with Crippen LogP contribution >= 0.6 is 11.6 Å². The molecule has 0 aliphatic rings. The monoisotopic (exact) mass is 269 g/mol. The smallest absolute Gasteiger partial charge is 0.274 e. The lowest BCUT2D eigenvalue weighted by molar-refractivity contribution is 0.0735. The Morgan fingerprint density at radius 3 is 2.72 bits per heavy atom. The van der Waals surface area contributed by atoms with Crippen LogP contribution in [0.25, 0.3) is 0 Å². The second kappa shape index (κ2) is 6.59. The van der Waals surface area contributed by atoms with Crippen LogP contribution in [0.5, 0.6) is 0 Å². The Hall–Kier alpha value is -1.29. The maximum absolute atomic E-state index is 12.3. The van der Waals surface area contributed by atoms with E-state index in [9.17, 15) is 4.79 Å². The fraction of sp³-hybridized carbons (Fsp3) is 0.538. The van der Waals surface area contributed by atoms with Crippen LogP contribution in [0.2, 0.25) is 5.02 Å². The van der Waals surface area contributed by atoms with Crippen molar-refractivity contribution in [2.45, 2.75) is 33.2 Å². The first-order valence-corrected chi connectivity index (χ1v) is 6.56. The van der Waals surface area contributed by atoms with Crippen LogP contribution in [0.15, 0.2) is 12.1 Å². The molecule has 0 saturated heterocycles. The summed E-state index contributed by atoms with van der Waals surface area (Å²) in [6, 6.07) is 3.63. The van der Waals surface area contributed by atoms with Gasteiger partial charge in [-0.15, -0.1) is 0 Å². The Labute approximate surface area is 113 Å². The molecule has 1 amide bonds. The molecule has 100 valence electrons. The molecule has 1 heterocycles. The van der Waals surface area contributed by atoms with E-state index in [0.717, 1.165) is 13.0 Å². The van der Waals surface area contributed by atoms with Crippen molar-refractivity contribution in [1.82, 2.24) is 9.88 Å². The second-order valence-corrected chi connectivity index (χ2v) is 4.64. The highest BCUT2D eigenvalue weighted by molar-refractivity contribution is 6.33. The standard InChI is InChI=1S/C13H20ClN3O/c1-5-9(3)17(4)13(18)12-10(14)7-8-11(16-12)15-6-2/h7-9H,5-6H2,1-4H3,(H,15,16). The number of rotatable bonds is 5. The van der Waals surface area contributed by atoms with E-state index in [0.29, 0.717) is 16.5 Å². The van der Waals surface area contributed by atoms with Gasteiger partial charge >= 0.3 is 0 Å². The molecule has 0 radical (unpaired) electrons. The molecular weight excluding hydrogens is 250 g/mol. The van der Waals surface area contributed by atoms with Crippen molar-refractivity contribution < 1.29 is 4.79 Å². The molecule has 1 unspecified atom stereocenters. The van der Waals surface area contributed by atoms with Crippen molar-refractivity contribution in [3.63, 3.8) is 0 Å². The van der Waals surface area contributed by atoms with Crippen LogP contribution < -0.4 is 5.32 Å². The van der Waals surface area contributed by atoms with E-state index in [-0.39, 0.29) is 11.9 Å². The molecule has 0 aliphatic carbocycles. The van der Waals surface area contributed by atoms with Gasteiger partial charge in [0, 0.05) is 19.6 Å². The van der Waals surface area contributed by atoms with Crippen molar-refractivity contribution in [3.05, 3.63) is 22.8 Å². The number of nitrogens with zero attached hydrogens (tertiary/aromatic N) is 2. The Morgan fingerprint density at radius 1 is 1.50 bits per heavy atom. The van der Waals surface area contributed by atoms with Gasteiger partial charge in [0.15, 0.2) is 0 Å². The van der Waals surface area contributed by atoms with Crippen LogP contribution in [0.3, 0.4) is 0 Å². The zero-order valence-electron chi connectivity index (χ0n) is 11.3. The molecule has 1 aromatic heterocycles. The lowest BCUT2D eigenvalue weighted by atomic mass is 10.2. The van der Waals surface area contributed by atoms with Gasteiger partial charge in [-0.25, -0.2) is 4.98 Å². The Morgan fingerprint density at radius 2 is 2.17 bits per heavy atom. The van der Waals surface area contributed by atoms with Gasteiger partial charge in [-0.2, -0.15) is 0 Å². The lowest BCUT2D eigenvalue weighted by Gasteiger charge is -2.23. The zero-order valence-corrected chi connectivity index (χ0v) is 12.1. The number of anilines is 1. The van der Waals surface area contributed by atoms with Crippen LogP contribution in [0, 0.1) is 0 Å². The van der Waals surface area contributed by atoms with Crippen LogP contribution in [-0.2, 0) is 0 Å². The average molecular weight is 270 g/mol. The van der Waals surface area contributed by atoms with Crippen molar-refractivity contribution in [3.8, 4) is 0 Å². The van der Waals surface area contributed by atoms with Crippen molar-refractivity contribution >= 4 is 23.3 Å². The quantitative estimate of drug-likeness (QED) is 0.894. The summed E-state index contributed by atoms with van der Waals surface area (Å²) in [7, 11) is 1.77. The van der Waals surface area contributed by atoms with Crippen LogP contribution in [0.4, 0.5) is 5.82 Å². The highest BCUT2D eigenvalue weighted by atomic mass is 35.5. The van der Waals surface area contributed by atoms with Gasteiger partial charge in [0.05, 0.1) is 5.02 Å². The third-order valence-corrected chi connectivity index (χ3v) is 3.28. The predicted molar refractivity (Wildman–Crippen MR) is 75.3 cm³/mol.